The Balaban J connectivity index is 2.15. The van der Waals surface area contributed by atoms with E-state index in [0.717, 1.165) is 5.56 Å². The smallest absolute Gasteiger partial charge is 0.379 e. The maximum Gasteiger partial charge on any atom is 0.379 e. The molecular weight excluding hydrogens is 348 g/mol. The minimum absolute atomic E-state index is 0.0200. The van der Waals surface area contributed by atoms with Crippen molar-refractivity contribution in [1.29, 1.82) is 0 Å². The standard InChI is InChI=1S/C18H17ClO6/c1-2-23-17(21)18(22)9-13(11-6-4-3-5-7-11)15-16(25-18)14(20)8-12(10-19)24-15/h3-8,13,22H,2,9-10H2,1H3/t13-,18+/m1/s1. The van der Waals surface area contributed by atoms with Gasteiger partial charge in [-0.3, -0.25) is 4.79 Å². The largest absolute Gasteiger partial charge is 0.461 e. The third-order valence-electron chi connectivity index (χ3n) is 3.98. The van der Waals surface area contributed by atoms with Crippen molar-refractivity contribution in [3.8, 4) is 5.75 Å². The van der Waals surface area contributed by atoms with Crippen LogP contribution in [0.1, 0.15) is 36.3 Å². The second-order valence-corrected chi connectivity index (χ2v) is 5.95. The normalized spacial score (nSPS) is 22.0. The fraction of sp³-hybridized carbons (Fsp3) is 0.333. The highest BCUT2D eigenvalue weighted by molar-refractivity contribution is 6.16. The maximum absolute atomic E-state index is 12.4. The zero-order valence-electron chi connectivity index (χ0n) is 13.5. The number of alkyl halides is 1. The Labute approximate surface area is 148 Å². The van der Waals surface area contributed by atoms with Crippen LogP contribution in [0.25, 0.3) is 0 Å². The molecule has 0 amide bonds. The quantitative estimate of drug-likeness (QED) is 0.662. The minimum atomic E-state index is -2.26. The number of esters is 1. The number of halogens is 1. The van der Waals surface area contributed by atoms with Gasteiger partial charge >= 0.3 is 11.8 Å². The van der Waals surface area contributed by atoms with Gasteiger partial charge in [-0.1, -0.05) is 30.3 Å². The number of benzene rings is 1. The Hall–Kier alpha value is -2.31. The molecule has 7 heteroatoms. The van der Waals surface area contributed by atoms with Gasteiger partial charge in [0.15, 0.2) is 5.76 Å². The Morgan fingerprint density at radius 1 is 1.40 bits per heavy atom. The van der Waals surface area contributed by atoms with Crippen molar-refractivity contribution in [2.45, 2.75) is 30.9 Å². The summed E-state index contributed by atoms with van der Waals surface area (Å²) in [5.41, 5.74) is 0.255. The van der Waals surface area contributed by atoms with Crippen molar-refractivity contribution in [2.75, 3.05) is 6.61 Å². The molecule has 132 valence electrons. The van der Waals surface area contributed by atoms with E-state index in [4.69, 9.17) is 25.5 Å². The Bertz CT molecular complexity index is 831. The van der Waals surface area contributed by atoms with Crippen LogP contribution in [0.3, 0.4) is 0 Å². The molecule has 0 saturated heterocycles. The highest BCUT2D eigenvalue weighted by atomic mass is 35.5. The van der Waals surface area contributed by atoms with Gasteiger partial charge in [0.1, 0.15) is 5.76 Å². The van der Waals surface area contributed by atoms with E-state index in [1.165, 1.54) is 6.07 Å². The molecule has 6 nitrogen and oxygen atoms in total. The number of rotatable bonds is 4. The van der Waals surface area contributed by atoms with Gasteiger partial charge in [0.2, 0.25) is 11.2 Å². The molecular formula is C18H17ClO6. The summed E-state index contributed by atoms with van der Waals surface area (Å²) in [6, 6.07) is 10.3. The van der Waals surface area contributed by atoms with Crippen molar-refractivity contribution in [2.24, 2.45) is 0 Å². The lowest BCUT2D eigenvalue weighted by atomic mass is 9.86. The van der Waals surface area contributed by atoms with Crippen LogP contribution in [0.5, 0.6) is 5.75 Å². The number of hydrogen-bond donors (Lipinski definition) is 1. The van der Waals surface area contributed by atoms with Crippen molar-refractivity contribution in [1.82, 2.24) is 0 Å². The van der Waals surface area contributed by atoms with Crippen molar-refractivity contribution < 1.29 is 23.8 Å². The first-order valence-corrected chi connectivity index (χ1v) is 8.38. The van der Waals surface area contributed by atoms with Crippen LogP contribution in [-0.4, -0.2) is 23.5 Å². The van der Waals surface area contributed by atoms with E-state index in [0.29, 0.717) is 0 Å². The Kier molecular flexibility index (Phi) is 4.83. The van der Waals surface area contributed by atoms with E-state index in [1.807, 2.05) is 30.3 Å². The summed E-state index contributed by atoms with van der Waals surface area (Å²) in [5.74, 6) is -3.42. The molecule has 1 aliphatic heterocycles. The molecule has 1 N–H and O–H groups in total. The lowest BCUT2D eigenvalue weighted by Gasteiger charge is -2.35. The number of aliphatic hydroxyl groups is 1. The number of ether oxygens (including phenoxy) is 2. The van der Waals surface area contributed by atoms with Gasteiger partial charge in [0, 0.05) is 12.5 Å². The second-order valence-electron chi connectivity index (χ2n) is 5.68. The molecule has 2 heterocycles. The first-order chi connectivity index (χ1) is 12.0. The van der Waals surface area contributed by atoms with Crippen molar-refractivity contribution in [3.63, 3.8) is 0 Å². The molecule has 0 bridgehead atoms. The zero-order chi connectivity index (χ0) is 18.0. The van der Waals surface area contributed by atoms with Gasteiger partial charge in [-0.2, -0.15) is 0 Å². The maximum atomic E-state index is 12.4. The summed E-state index contributed by atoms with van der Waals surface area (Å²) >= 11 is 5.79. The summed E-state index contributed by atoms with van der Waals surface area (Å²) in [4.78, 5) is 24.6. The second kappa shape index (κ2) is 6.90. The highest BCUT2D eigenvalue weighted by Gasteiger charge is 2.49. The fourth-order valence-corrected chi connectivity index (χ4v) is 2.98. The SMILES string of the molecule is CCOC(=O)[C@]1(O)C[C@H](c2ccccc2)c2oc(CCl)cc(=O)c2O1. The molecule has 3 rings (SSSR count). The molecule has 1 aliphatic rings. The van der Waals surface area contributed by atoms with E-state index in [2.05, 4.69) is 0 Å². The first-order valence-electron chi connectivity index (χ1n) is 7.85. The van der Waals surface area contributed by atoms with Crippen LogP contribution in [-0.2, 0) is 15.4 Å². The minimum Gasteiger partial charge on any atom is -0.461 e. The molecule has 25 heavy (non-hydrogen) atoms. The molecule has 2 aromatic rings. The monoisotopic (exact) mass is 364 g/mol. The van der Waals surface area contributed by atoms with Gasteiger partial charge in [-0.15, -0.1) is 11.6 Å². The van der Waals surface area contributed by atoms with Crippen LogP contribution < -0.4 is 10.2 Å². The van der Waals surface area contributed by atoms with Crippen LogP contribution in [0.4, 0.5) is 0 Å². The van der Waals surface area contributed by atoms with Crippen LogP contribution in [0.2, 0.25) is 0 Å². The molecule has 0 fully saturated rings. The lowest BCUT2D eigenvalue weighted by Crippen LogP contribution is -2.50. The van der Waals surface area contributed by atoms with Crippen LogP contribution in [0.15, 0.2) is 45.6 Å². The number of fused-ring (bicyclic) bond motifs is 1. The van der Waals surface area contributed by atoms with E-state index in [-0.39, 0.29) is 36.2 Å². The molecule has 1 aromatic carbocycles. The van der Waals surface area contributed by atoms with E-state index < -0.39 is 23.1 Å². The first kappa shape index (κ1) is 17.5. The predicted molar refractivity (Wildman–Crippen MR) is 89.6 cm³/mol. The van der Waals surface area contributed by atoms with Crippen molar-refractivity contribution in [3.05, 3.63) is 63.7 Å². The van der Waals surface area contributed by atoms with E-state index >= 15 is 0 Å². The van der Waals surface area contributed by atoms with Gasteiger partial charge in [0.05, 0.1) is 18.4 Å². The zero-order valence-corrected chi connectivity index (χ0v) is 14.3. The average Bonchev–Trinajstić information content (AvgIpc) is 2.62. The van der Waals surface area contributed by atoms with Crippen LogP contribution in [0, 0.1) is 0 Å². The summed E-state index contributed by atoms with van der Waals surface area (Å²) < 4.78 is 16.0. The summed E-state index contributed by atoms with van der Waals surface area (Å²) in [6.45, 7) is 1.70. The average molecular weight is 365 g/mol. The van der Waals surface area contributed by atoms with Crippen LogP contribution >= 0.6 is 11.6 Å². The molecule has 0 radical (unpaired) electrons. The molecule has 0 spiro atoms. The molecule has 2 atom stereocenters. The molecule has 0 saturated carbocycles. The number of carbonyl (C=O) groups excluding carboxylic acids is 1. The summed E-state index contributed by atoms with van der Waals surface area (Å²) in [6.07, 6.45) is -0.141. The third kappa shape index (κ3) is 3.27. The van der Waals surface area contributed by atoms with Gasteiger partial charge < -0.3 is 19.0 Å². The van der Waals surface area contributed by atoms with Crippen molar-refractivity contribution >= 4 is 17.6 Å². The molecule has 1 aromatic heterocycles. The Morgan fingerprint density at radius 2 is 2.12 bits per heavy atom. The molecule has 0 unspecified atom stereocenters. The predicted octanol–water partition coefficient (Wildman–Crippen LogP) is 2.54. The van der Waals surface area contributed by atoms with Gasteiger partial charge in [-0.25, -0.2) is 4.79 Å². The summed E-state index contributed by atoms with van der Waals surface area (Å²) in [5, 5.41) is 10.7. The van der Waals surface area contributed by atoms with E-state index in [9.17, 15) is 14.7 Å². The molecule has 0 aliphatic carbocycles. The summed E-state index contributed by atoms with van der Waals surface area (Å²) in [7, 11) is 0. The number of carbonyl (C=O) groups is 1. The number of hydrogen-bond acceptors (Lipinski definition) is 6. The van der Waals surface area contributed by atoms with Gasteiger partial charge in [0.25, 0.3) is 0 Å². The lowest BCUT2D eigenvalue weighted by molar-refractivity contribution is -0.206. The highest BCUT2D eigenvalue weighted by Crippen LogP contribution is 2.42. The Morgan fingerprint density at radius 3 is 2.76 bits per heavy atom. The fourth-order valence-electron chi connectivity index (χ4n) is 2.85. The topological polar surface area (TPSA) is 86.0 Å². The van der Waals surface area contributed by atoms with E-state index in [1.54, 1.807) is 6.92 Å². The third-order valence-corrected chi connectivity index (χ3v) is 4.24. The van der Waals surface area contributed by atoms with Gasteiger partial charge in [-0.05, 0) is 12.5 Å².